The van der Waals surface area contributed by atoms with E-state index in [4.69, 9.17) is 27.9 Å². The van der Waals surface area contributed by atoms with E-state index < -0.39 is 6.04 Å². The fourth-order valence-electron chi connectivity index (χ4n) is 4.44. The molecule has 0 spiro atoms. The number of carbonyl (C=O) groups excluding carboxylic acids is 1. The molecular weight excluding hydrogens is 464 g/mol. The summed E-state index contributed by atoms with van der Waals surface area (Å²) >= 11 is 12.4. The van der Waals surface area contributed by atoms with E-state index in [0.717, 1.165) is 27.7 Å². The molecule has 0 aliphatic carbocycles. The lowest BCUT2D eigenvalue weighted by Gasteiger charge is -2.36. The van der Waals surface area contributed by atoms with Gasteiger partial charge in [-0.2, -0.15) is 0 Å². The Morgan fingerprint density at radius 1 is 1.09 bits per heavy atom. The summed E-state index contributed by atoms with van der Waals surface area (Å²) in [6, 6.07) is 16.2. The van der Waals surface area contributed by atoms with Crippen molar-refractivity contribution in [2.45, 2.75) is 12.5 Å². The number of anilines is 1. The number of hydrogen-bond acceptors (Lipinski definition) is 2. The first-order valence-electron chi connectivity index (χ1n) is 10.4. The molecule has 0 radical (unpaired) electrons. The SMILES string of the molecule is COc1ccc(Cl)cc1NC(=O)N1CCc2c([nH]c3ccc(Cl)cc23)[C@@H]1c1ccc(F)cc1. The molecule has 1 aromatic heterocycles. The second kappa shape index (κ2) is 8.61. The standard InChI is InChI=1S/C25H20Cl2FN3O2/c1-33-22-9-5-16(27)13-21(22)30-25(32)31-11-10-18-19-12-15(26)4-8-20(19)29-23(18)24(31)14-2-6-17(28)7-3-14/h2-9,12-13,24,29H,10-11H2,1H3,(H,30,32)/t24-/m0/s1. The Morgan fingerprint density at radius 3 is 2.58 bits per heavy atom. The zero-order valence-corrected chi connectivity index (χ0v) is 19.2. The maximum absolute atomic E-state index is 13.7. The lowest BCUT2D eigenvalue weighted by Crippen LogP contribution is -2.43. The normalized spacial score (nSPS) is 15.4. The van der Waals surface area contributed by atoms with Crippen LogP contribution >= 0.6 is 23.2 Å². The Hall–Kier alpha value is -3.22. The summed E-state index contributed by atoms with van der Waals surface area (Å²) in [7, 11) is 1.53. The summed E-state index contributed by atoms with van der Waals surface area (Å²) in [5.41, 5.74) is 4.20. The molecule has 33 heavy (non-hydrogen) atoms. The number of aromatic nitrogens is 1. The third kappa shape index (κ3) is 4.01. The maximum Gasteiger partial charge on any atom is 0.322 e. The van der Waals surface area contributed by atoms with Crippen LogP contribution < -0.4 is 10.1 Å². The lowest BCUT2D eigenvalue weighted by molar-refractivity contribution is 0.193. The molecule has 168 valence electrons. The number of nitrogens with one attached hydrogen (secondary N) is 2. The number of H-pyrrole nitrogens is 1. The molecule has 5 nitrogen and oxygen atoms in total. The first-order valence-corrected chi connectivity index (χ1v) is 11.2. The highest BCUT2D eigenvalue weighted by atomic mass is 35.5. The molecule has 5 rings (SSSR count). The van der Waals surface area contributed by atoms with E-state index in [2.05, 4.69) is 10.3 Å². The predicted molar refractivity (Wildman–Crippen MR) is 129 cm³/mol. The van der Waals surface area contributed by atoms with Crippen LogP contribution in [0.2, 0.25) is 10.0 Å². The van der Waals surface area contributed by atoms with Crippen molar-refractivity contribution in [3.8, 4) is 5.75 Å². The van der Waals surface area contributed by atoms with Gasteiger partial charge >= 0.3 is 6.03 Å². The van der Waals surface area contributed by atoms with Gasteiger partial charge in [0.2, 0.25) is 0 Å². The second-order valence-corrected chi connectivity index (χ2v) is 8.75. The number of urea groups is 1. The molecule has 8 heteroatoms. The molecule has 2 amide bonds. The fraction of sp³-hybridized carbons (Fsp3) is 0.160. The number of halogens is 3. The van der Waals surface area contributed by atoms with Gasteiger partial charge in [-0.15, -0.1) is 0 Å². The van der Waals surface area contributed by atoms with E-state index in [9.17, 15) is 9.18 Å². The van der Waals surface area contributed by atoms with Gasteiger partial charge in [0, 0.05) is 33.2 Å². The number of aromatic amines is 1. The average Bonchev–Trinajstić information content (AvgIpc) is 3.17. The Bertz CT molecular complexity index is 1350. The quantitative estimate of drug-likeness (QED) is 0.336. The van der Waals surface area contributed by atoms with Crippen LogP contribution in [0.1, 0.15) is 22.9 Å². The molecule has 1 aliphatic heterocycles. The maximum atomic E-state index is 13.7. The minimum absolute atomic E-state index is 0.313. The Kier molecular flexibility index (Phi) is 5.64. The van der Waals surface area contributed by atoms with Crippen LogP contribution in [0.25, 0.3) is 10.9 Å². The summed E-state index contributed by atoms with van der Waals surface area (Å²) in [4.78, 5) is 18.7. The Morgan fingerprint density at radius 2 is 1.82 bits per heavy atom. The number of amides is 2. The van der Waals surface area contributed by atoms with Crippen molar-refractivity contribution in [1.29, 1.82) is 0 Å². The number of rotatable bonds is 3. The number of benzene rings is 3. The molecule has 2 N–H and O–H groups in total. The smallest absolute Gasteiger partial charge is 0.322 e. The molecule has 4 aromatic rings. The molecule has 0 saturated carbocycles. The van der Waals surface area contributed by atoms with Gasteiger partial charge in [-0.1, -0.05) is 35.3 Å². The van der Waals surface area contributed by atoms with Gasteiger partial charge in [-0.05, 0) is 66.1 Å². The summed E-state index contributed by atoms with van der Waals surface area (Å²) in [6.45, 7) is 0.462. The molecular formula is C25H20Cl2FN3O2. The van der Waals surface area contributed by atoms with Crippen LogP contribution in [0.15, 0.2) is 60.7 Å². The molecule has 0 fully saturated rings. The zero-order valence-electron chi connectivity index (χ0n) is 17.7. The Labute approximate surface area is 200 Å². The zero-order chi connectivity index (χ0) is 23.1. The van der Waals surface area contributed by atoms with E-state index in [1.165, 1.54) is 19.2 Å². The molecule has 0 unspecified atom stereocenters. The first kappa shape index (κ1) is 21.6. The minimum Gasteiger partial charge on any atom is -0.495 e. The monoisotopic (exact) mass is 483 g/mol. The van der Waals surface area contributed by atoms with Gasteiger partial charge in [0.25, 0.3) is 0 Å². The van der Waals surface area contributed by atoms with E-state index >= 15 is 0 Å². The second-order valence-electron chi connectivity index (χ2n) is 7.88. The topological polar surface area (TPSA) is 57.4 Å². The average molecular weight is 484 g/mol. The molecule has 2 heterocycles. The lowest BCUT2D eigenvalue weighted by atomic mass is 9.92. The summed E-state index contributed by atoms with van der Waals surface area (Å²) < 4.78 is 19.1. The van der Waals surface area contributed by atoms with Crippen LogP contribution in [0.4, 0.5) is 14.9 Å². The summed E-state index contributed by atoms with van der Waals surface area (Å²) in [5.74, 6) is 0.168. The van der Waals surface area contributed by atoms with Gasteiger partial charge in [0.1, 0.15) is 11.6 Å². The van der Waals surface area contributed by atoms with Crippen LogP contribution in [-0.2, 0) is 6.42 Å². The highest BCUT2D eigenvalue weighted by Crippen LogP contribution is 2.40. The third-order valence-corrected chi connectivity index (χ3v) is 6.41. The highest BCUT2D eigenvalue weighted by molar-refractivity contribution is 6.31. The van der Waals surface area contributed by atoms with Gasteiger partial charge in [-0.3, -0.25) is 0 Å². The van der Waals surface area contributed by atoms with E-state index in [0.29, 0.717) is 34.4 Å². The first-order chi connectivity index (χ1) is 15.9. The van der Waals surface area contributed by atoms with Crippen molar-refractivity contribution in [1.82, 2.24) is 9.88 Å². The number of nitrogens with zero attached hydrogens (tertiary/aromatic N) is 1. The van der Waals surface area contributed by atoms with Crippen molar-refractivity contribution < 1.29 is 13.9 Å². The molecule has 0 saturated heterocycles. The van der Waals surface area contributed by atoms with Crippen LogP contribution in [0.3, 0.4) is 0 Å². The van der Waals surface area contributed by atoms with E-state index in [-0.39, 0.29) is 11.8 Å². The number of ether oxygens (including phenoxy) is 1. The van der Waals surface area contributed by atoms with Gasteiger partial charge in [0.15, 0.2) is 0 Å². The molecule has 0 bridgehead atoms. The molecule has 1 aliphatic rings. The van der Waals surface area contributed by atoms with Crippen LogP contribution in [-0.4, -0.2) is 29.6 Å². The Balaban J connectivity index is 1.58. The van der Waals surface area contributed by atoms with Gasteiger partial charge < -0.3 is 19.9 Å². The predicted octanol–water partition coefficient (Wildman–Crippen LogP) is 6.80. The number of methoxy groups -OCH3 is 1. The van der Waals surface area contributed by atoms with Gasteiger partial charge in [-0.25, -0.2) is 9.18 Å². The highest BCUT2D eigenvalue weighted by Gasteiger charge is 2.35. The van der Waals surface area contributed by atoms with E-state index in [1.54, 1.807) is 35.2 Å². The molecule has 1 atom stereocenters. The summed E-state index contributed by atoms with van der Waals surface area (Å²) in [6.07, 6.45) is 0.646. The van der Waals surface area contributed by atoms with Crippen molar-refractivity contribution in [2.24, 2.45) is 0 Å². The van der Waals surface area contributed by atoms with E-state index in [1.807, 2.05) is 18.2 Å². The van der Waals surface area contributed by atoms with Crippen molar-refractivity contribution in [2.75, 3.05) is 19.0 Å². The van der Waals surface area contributed by atoms with Crippen molar-refractivity contribution in [3.05, 3.63) is 93.3 Å². The van der Waals surface area contributed by atoms with Gasteiger partial charge in [0.05, 0.1) is 18.8 Å². The number of hydrogen-bond donors (Lipinski definition) is 2. The largest absolute Gasteiger partial charge is 0.495 e. The summed E-state index contributed by atoms with van der Waals surface area (Å²) in [5, 5.41) is 5.08. The minimum atomic E-state index is -0.439. The third-order valence-electron chi connectivity index (χ3n) is 5.94. The van der Waals surface area contributed by atoms with Crippen molar-refractivity contribution in [3.63, 3.8) is 0 Å². The number of carbonyl (C=O) groups is 1. The van der Waals surface area contributed by atoms with Crippen LogP contribution in [0.5, 0.6) is 5.75 Å². The van der Waals surface area contributed by atoms with Crippen molar-refractivity contribution >= 4 is 45.8 Å². The van der Waals surface area contributed by atoms with Crippen LogP contribution in [0, 0.1) is 5.82 Å². The number of fused-ring (bicyclic) bond motifs is 3. The fourth-order valence-corrected chi connectivity index (χ4v) is 4.78. The molecule has 3 aromatic carbocycles.